The van der Waals surface area contributed by atoms with Gasteiger partial charge >= 0.3 is 0 Å². The normalized spacial score (nSPS) is 24.7. The van der Waals surface area contributed by atoms with Crippen molar-refractivity contribution in [2.45, 2.75) is 63.3 Å². The Kier molecular flexibility index (Phi) is 5.91. The molecule has 1 aliphatic carbocycles. The predicted molar refractivity (Wildman–Crippen MR) is 146 cm³/mol. The first kappa shape index (κ1) is 22.2. The summed E-state index contributed by atoms with van der Waals surface area (Å²) in [6, 6.07) is 11.7. The Balaban J connectivity index is 1.38. The first-order chi connectivity index (χ1) is 16.7. The lowest BCUT2D eigenvalue weighted by molar-refractivity contribution is 0.369. The van der Waals surface area contributed by atoms with Crippen molar-refractivity contribution in [3.63, 3.8) is 0 Å². The van der Waals surface area contributed by atoms with Gasteiger partial charge in [0.25, 0.3) is 0 Å². The summed E-state index contributed by atoms with van der Waals surface area (Å²) >= 11 is 0. The Labute approximate surface area is 206 Å². The highest BCUT2D eigenvalue weighted by Gasteiger charge is 2.35. The van der Waals surface area contributed by atoms with E-state index in [-0.39, 0.29) is 10.7 Å². The zero-order chi connectivity index (χ0) is 23.2. The van der Waals surface area contributed by atoms with E-state index in [1.54, 1.807) is 0 Å². The second-order valence-corrected chi connectivity index (χ2v) is 13.3. The Morgan fingerprint density at radius 2 is 1.94 bits per heavy atom. The van der Waals surface area contributed by atoms with Crippen LogP contribution in [0.1, 0.15) is 56.8 Å². The maximum atomic E-state index is 4.84. The molecule has 4 atom stereocenters. The number of rotatable bonds is 4. The number of nitrogens with zero attached hydrogens (tertiary/aromatic N) is 6. The van der Waals surface area contributed by atoms with Crippen molar-refractivity contribution in [1.29, 1.82) is 0 Å². The van der Waals surface area contributed by atoms with Crippen LogP contribution < -0.4 is 0 Å². The molecule has 1 aromatic carbocycles. The van der Waals surface area contributed by atoms with Gasteiger partial charge < -0.3 is 0 Å². The maximum absolute atomic E-state index is 4.84. The van der Waals surface area contributed by atoms with Crippen LogP contribution in [0.2, 0.25) is 0 Å². The minimum Gasteiger partial charge on any atom is -0.276 e. The highest BCUT2D eigenvalue weighted by atomic mass is 32.2. The van der Waals surface area contributed by atoms with Gasteiger partial charge in [-0.3, -0.25) is 12.7 Å². The summed E-state index contributed by atoms with van der Waals surface area (Å²) in [5.74, 6) is 2.89. The van der Waals surface area contributed by atoms with Gasteiger partial charge in [-0.25, -0.2) is 4.98 Å². The Bertz CT molecular complexity index is 1410. The molecule has 3 aromatic heterocycles. The van der Waals surface area contributed by atoms with Crippen LogP contribution in [0.15, 0.2) is 47.6 Å². The average molecular weight is 493 g/mol. The molecule has 34 heavy (non-hydrogen) atoms. The largest absolute Gasteiger partial charge is 0.276 e. The molecule has 2 unspecified atom stereocenters. The van der Waals surface area contributed by atoms with E-state index < -0.39 is 0 Å². The number of hydrogen-bond acceptors (Lipinski definition) is 4. The highest BCUT2D eigenvalue weighted by molar-refractivity contribution is 8.13. The first-order valence-corrected chi connectivity index (χ1v) is 14.9. The molecule has 4 heterocycles. The summed E-state index contributed by atoms with van der Waals surface area (Å²) < 4.78 is 7.34. The third-order valence-corrected chi connectivity index (χ3v) is 11.5. The number of fused-ring (bicyclic) bond motifs is 3. The van der Waals surface area contributed by atoms with Crippen LogP contribution in [0.4, 0.5) is 0 Å². The molecule has 8 heteroatoms. The molecule has 1 saturated carbocycles. The standard InChI is InChI=1S/C26H32N6S2/c1-4-33-16-6-14-30(33)21-10-9-20(17-21)25-29-28-24-18-27-26-23(32(24)25)13-15-31(26)34(5-2)22-11-7-19(3)8-12-22/h4-5,7-8,11-13,15,18,20-21H,6,9-10,14,16-17H2,1-3H3/t20-,21+,33?,34?/m1/s1. The van der Waals surface area contributed by atoms with Crippen LogP contribution in [0.3, 0.4) is 0 Å². The maximum Gasteiger partial charge on any atom is 0.179 e. The van der Waals surface area contributed by atoms with Crippen LogP contribution in [0.25, 0.3) is 16.8 Å². The summed E-state index contributed by atoms with van der Waals surface area (Å²) in [4.78, 5) is 6.13. The van der Waals surface area contributed by atoms with E-state index in [1.807, 2.05) is 6.20 Å². The molecule has 0 spiro atoms. The first-order valence-electron chi connectivity index (χ1n) is 12.2. The SMILES string of the molecule is C/C=S1\CCCN1[C@H]1CC[C@@H](c2nnc3cnc4c(ccn4/S(=C/C)c4ccc(C)cc4)n23)C1. The van der Waals surface area contributed by atoms with E-state index in [9.17, 15) is 0 Å². The average Bonchev–Trinajstić information content (AvgIpc) is 3.64. The van der Waals surface area contributed by atoms with Crippen molar-refractivity contribution in [3.8, 4) is 0 Å². The van der Waals surface area contributed by atoms with Gasteiger partial charge in [0.15, 0.2) is 11.3 Å². The zero-order valence-electron chi connectivity index (χ0n) is 20.1. The molecule has 6 nitrogen and oxygen atoms in total. The minimum absolute atomic E-state index is 0.196. The monoisotopic (exact) mass is 492 g/mol. The zero-order valence-corrected chi connectivity index (χ0v) is 21.7. The minimum atomic E-state index is -0.196. The van der Waals surface area contributed by atoms with Gasteiger partial charge in [0.1, 0.15) is 5.82 Å². The second-order valence-electron chi connectivity index (χ2n) is 9.22. The van der Waals surface area contributed by atoms with Crippen LogP contribution in [-0.2, 0) is 0 Å². The molecule has 0 N–H and O–H groups in total. The summed E-state index contributed by atoms with van der Waals surface area (Å²) in [5, 5.41) is 13.9. The molecular formula is C26H32N6S2. The molecule has 2 aliphatic rings. The quantitative estimate of drug-likeness (QED) is 0.346. The van der Waals surface area contributed by atoms with E-state index in [0.717, 1.165) is 22.6 Å². The Morgan fingerprint density at radius 3 is 2.74 bits per heavy atom. The molecule has 6 rings (SSSR count). The molecule has 0 bridgehead atoms. The molecule has 178 valence electrons. The number of benzene rings is 1. The third kappa shape index (κ3) is 3.67. The lowest BCUT2D eigenvalue weighted by atomic mass is 10.1. The van der Waals surface area contributed by atoms with Gasteiger partial charge in [-0.2, -0.15) is 0 Å². The van der Waals surface area contributed by atoms with E-state index in [1.165, 1.54) is 48.4 Å². The van der Waals surface area contributed by atoms with Gasteiger partial charge in [0.05, 0.1) is 11.7 Å². The fourth-order valence-corrected chi connectivity index (χ4v) is 9.36. The van der Waals surface area contributed by atoms with Crippen LogP contribution >= 0.6 is 21.3 Å². The van der Waals surface area contributed by atoms with Crippen molar-refractivity contribution < 1.29 is 0 Å². The summed E-state index contributed by atoms with van der Waals surface area (Å²) in [7, 11) is 0.158. The molecule has 1 saturated heterocycles. The van der Waals surface area contributed by atoms with Crippen molar-refractivity contribution >= 4 is 48.9 Å². The fraction of sp³-hybridized carbons (Fsp3) is 0.423. The van der Waals surface area contributed by atoms with E-state index in [0.29, 0.717) is 22.6 Å². The van der Waals surface area contributed by atoms with Crippen molar-refractivity contribution in [2.24, 2.45) is 0 Å². The third-order valence-electron chi connectivity index (χ3n) is 7.24. The van der Waals surface area contributed by atoms with Gasteiger partial charge in [-0.15, -0.1) is 20.9 Å². The van der Waals surface area contributed by atoms with Crippen molar-refractivity contribution in [3.05, 3.63) is 54.1 Å². The van der Waals surface area contributed by atoms with Gasteiger partial charge in [0, 0.05) is 35.3 Å². The molecule has 2 fully saturated rings. The molecular weight excluding hydrogens is 460 g/mol. The van der Waals surface area contributed by atoms with Crippen molar-refractivity contribution in [2.75, 3.05) is 12.3 Å². The Hall–Kier alpha value is -2.29. The van der Waals surface area contributed by atoms with Gasteiger partial charge in [0.2, 0.25) is 0 Å². The Morgan fingerprint density at radius 1 is 1.09 bits per heavy atom. The van der Waals surface area contributed by atoms with Crippen LogP contribution in [-0.4, -0.2) is 56.9 Å². The summed E-state index contributed by atoms with van der Waals surface area (Å²) in [5.41, 5.74) is 4.23. The van der Waals surface area contributed by atoms with Crippen molar-refractivity contribution in [1.82, 2.24) is 27.9 Å². The van der Waals surface area contributed by atoms with Crippen LogP contribution in [0.5, 0.6) is 0 Å². The van der Waals surface area contributed by atoms with E-state index in [2.05, 4.69) is 85.8 Å². The van der Waals surface area contributed by atoms with Crippen LogP contribution in [0, 0.1) is 6.92 Å². The number of hydrogen-bond donors (Lipinski definition) is 0. The number of aryl methyl sites for hydroxylation is 1. The predicted octanol–water partition coefficient (Wildman–Crippen LogP) is 5.65. The summed E-state index contributed by atoms with van der Waals surface area (Å²) in [6.07, 6.45) is 9.02. The fourth-order valence-electron chi connectivity index (χ4n) is 5.60. The molecule has 0 radical (unpaired) electrons. The van der Waals surface area contributed by atoms with Gasteiger partial charge in [-0.05, 0) is 70.0 Å². The molecule has 4 aromatic rings. The topological polar surface area (TPSA) is 51.2 Å². The van der Waals surface area contributed by atoms with Gasteiger partial charge in [-0.1, -0.05) is 33.7 Å². The smallest absolute Gasteiger partial charge is 0.179 e. The number of aromatic nitrogens is 5. The summed E-state index contributed by atoms with van der Waals surface area (Å²) in [6.45, 7) is 7.74. The van der Waals surface area contributed by atoms with E-state index in [4.69, 9.17) is 10.1 Å². The lowest BCUT2D eigenvalue weighted by Gasteiger charge is -2.25. The molecule has 0 amide bonds. The highest BCUT2D eigenvalue weighted by Crippen LogP contribution is 2.42. The van der Waals surface area contributed by atoms with E-state index >= 15 is 0 Å². The second kappa shape index (κ2) is 9.06. The molecule has 1 aliphatic heterocycles. The lowest BCUT2D eigenvalue weighted by Crippen LogP contribution is -2.26.